The molecule has 1 atom stereocenters. The molecule has 1 unspecified atom stereocenters. The number of benzene rings is 1. The fourth-order valence-electron chi connectivity index (χ4n) is 1.96. The van der Waals surface area contributed by atoms with Gasteiger partial charge in [-0.05, 0) is 24.3 Å². The van der Waals surface area contributed by atoms with Gasteiger partial charge < -0.3 is 10.4 Å². The standard InChI is InChI=1S/C13H14N2O5/c16-11(14-12(13(17)18)9-3-4-9)7-8-1-5-10(6-2-8)15(19)20/h1-2,5-6,9,12H,3-4,7H2,(H,14,16)(H,17,18). The molecule has 1 aliphatic carbocycles. The van der Waals surface area contributed by atoms with Gasteiger partial charge in [-0.25, -0.2) is 4.79 Å². The van der Waals surface area contributed by atoms with E-state index < -0.39 is 22.8 Å². The van der Waals surface area contributed by atoms with E-state index in [1.165, 1.54) is 24.3 Å². The molecule has 7 heteroatoms. The maximum Gasteiger partial charge on any atom is 0.326 e. The SMILES string of the molecule is O=C(Cc1ccc([N+](=O)[O-])cc1)NC(C(=O)O)C1CC1. The van der Waals surface area contributed by atoms with E-state index in [4.69, 9.17) is 5.11 Å². The normalized spacial score (nSPS) is 15.4. The van der Waals surface area contributed by atoms with Crippen LogP contribution in [0.1, 0.15) is 18.4 Å². The van der Waals surface area contributed by atoms with Crippen molar-refractivity contribution in [2.75, 3.05) is 0 Å². The van der Waals surface area contributed by atoms with Crippen LogP contribution in [-0.4, -0.2) is 27.9 Å². The number of nitro benzene ring substituents is 1. The number of nitro groups is 1. The lowest BCUT2D eigenvalue weighted by atomic mass is 10.1. The fraction of sp³-hybridized carbons (Fsp3) is 0.385. The number of carboxylic acid groups (broad SMARTS) is 1. The molecule has 0 heterocycles. The molecule has 1 fully saturated rings. The molecule has 1 aromatic carbocycles. The number of hydrogen-bond donors (Lipinski definition) is 2. The summed E-state index contributed by atoms with van der Waals surface area (Å²) >= 11 is 0. The highest BCUT2D eigenvalue weighted by Crippen LogP contribution is 2.32. The number of nitrogens with one attached hydrogen (secondary N) is 1. The smallest absolute Gasteiger partial charge is 0.326 e. The van der Waals surface area contributed by atoms with Crippen molar-refractivity contribution in [1.82, 2.24) is 5.32 Å². The van der Waals surface area contributed by atoms with Crippen LogP contribution in [0.2, 0.25) is 0 Å². The maximum atomic E-state index is 11.8. The number of carboxylic acids is 1. The third-order valence-corrected chi connectivity index (χ3v) is 3.19. The highest BCUT2D eigenvalue weighted by molar-refractivity contribution is 5.85. The summed E-state index contributed by atoms with van der Waals surface area (Å²) in [5.41, 5.74) is 0.559. The van der Waals surface area contributed by atoms with Crippen LogP contribution in [0.5, 0.6) is 0 Å². The number of amides is 1. The maximum absolute atomic E-state index is 11.8. The van der Waals surface area contributed by atoms with Gasteiger partial charge in [0.05, 0.1) is 11.3 Å². The average molecular weight is 278 g/mol. The molecule has 0 aromatic heterocycles. The Labute approximate surface area is 114 Å². The van der Waals surface area contributed by atoms with Crippen molar-refractivity contribution >= 4 is 17.6 Å². The van der Waals surface area contributed by atoms with Crippen LogP contribution in [0, 0.1) is 16.0 Å². The van der Waals surface area contributed by atoms with Crippen molar-refractivity contribution in [2.24, 2.45) is 5.92 Å². The van der Waals surface area contributed by atoms with Gasteiger partial charge in [0.1, 0.15) is 6.04 Å². The first-order valence-electron chi connectivity index (χ1n) is 6.23. The van der Waals surface area contributed by atoms with Crippen molar-refractivity contribution in [2.45, 2.75) is 25.3 Å². The Morgan fingerprint density at radius 3 is 2.40 bits per heavy atom. The Morgan fingerprint density at radius 1 is 1.35 bits per heavy atom. The molecule has 7 nitrogen and oxygen atoms in total. The molecule has 0 spiro atoms. The Bertz CT molecular complexity index is 536. The Kier molecular flexibility index (Phi) is 3.97. The van der Waals surface area contributed by atoms with Crippen LogP contribution in [0.3, 0.4) is 0 Å². The molecule has 2 rings (SSSR count). The molecule has 0 bridgehead atoms. The van der Waals surface area contributed by atoms with Crippen LogP contribution in [-0.2, 0) is 16.0 Å². The molecule has 20 heavy (non-hydrogen) atoms. The van der Waals surface area contributed by atoms with E-state index in [1.807, 2.05) is 0 Å². The summed E-state index contributed by atoms with van der Waals surface area (Å²) in [5.74, 6) is -1.39. The number of aliphatic carboxylic acids is 1. The van der Waals surface area contributed by atoms with Gasteiger partial charge in [0.2, 0.25) is 5.91 Å². The molecule has 1 amide bonds. The largest absolute Gasteiger partial charge is 0.480 e. The number of nitrogens with zero attached hydrogens (tertiary/aromatic N) is 1. The van der Waals surface area contributed by atoms with E-state index in [0.29, 0.717) is 5.56 Å². The van der Waals surface area contributed by atoms with E-state index in [-0.39, 0.29) is 18.0 Å². The number of non-ortho nitro benzene ring substituents is 1. The minimum absolute atomic E-state index is 0.00843. The summed E-state index contributed by atoms with van der Waals surface area (Å²) < 4.78 is 0. The van der Waals surface area contributed by atoms with Gasteiger partial charge >= 0.3 is 5.97 Å². The summed E-state index contributed by atoms with van der Waals surface area (Å²) in [6.07, 6.45) is 1.64. The molecule has 1 saturated carbocycles. The van der Waals surface area contributed by atoms with Gasteiger partial charge in [-0.2, -0.15) is 0 Å². The molecule has 1 aromatic rings. The average Bonchev–Trinajstić information content (AvgIpc) is 3.20. The zero-order chi connectivity index (χ0) is 14.7. The summed E-state index contributed by atoms with van der Waals surface area (Å²) in [4.78, 5) is 32.8. The molecule has 0 radical (unpaired) electrons. The topological polar surface area (TPSA) is 110 Å². The van der Waals surface area contributed by atoms with Crippen molar-refractivity contribution < 1.29 is 19.6 Å². The molecule has 2 N–H and O–H groups in total. The van der Waals surface area contributed by atoms with E-state index in [0.717, 1.165) is 12.8 Å². The van der Waals surface area contributed by atoms with Crippen molar-refractivity contribution in [3.63, 3.8) is 0 Å². The Morgan fingerprint density at radius 2 is 1.95 bits per heavy atom. The van der Waals surface area contributed by atoms with Crippen LogP contribution >= 0.6 is 0 Å². The minimum Gasteiger partial charge on any atom is -0.480 e. The molecule has 0 aliphatic heterocycles. The minimum atomic E-state index is -1.02. The summed E-state index contributed by atoms with van der Waals surface area (Å²) in [6, 6.07) is 4.78. The zero-order valence-corrected chi connectivity index (χ0v) is 10.6. The van der Waals surface area contributed by atoms with E-state index in [1.54, 1.807) is 0 Å². The van der Waals surface area contributed by atoms with Crippen LogP contribution in [0.4, 0.5) is 5.69 Å². The monoisotopic (exact) mass is 278 g/mol. The predicted molar refractivity (Wildman–Crippen MR) is 69.1 cm³/mol. The van der Waals surface area contributed by atoms with Crippen molar-refractivity contribution in [3.05, 3.63) is 39.9 Å². The lowest BCUT2D eigenvalue weighted by molar-refractivity contribution is -0.384. The second-order valence-corrected chi connectivity index (χ2v) is 4.82. The first-order valence-corrected chi connectivity index (χ1v) is 6.23. The third kappa shape index (κ3) is 3.53. The first kappa shape index (κ1) is 14.0. The third-order valence-electron chi connectivity index (χ3n) is 3.19. The fourth-order valence-corrected chi connectivity index (χ4v) is 1.96. The highest BCUT2D eigenvalue weighted by Gasteiger charge is 2.37. The first-order chi connectivity index (χ1) is 9.47. The second kappa shape index (κ2) is 5.68. The lowest BCUT2D eigenvalue weighted by Gasteiger charge is -2.13. The quantitative estimate of drug-likeness (QED) is 0.598. The van der Waals surface area contributed by atoms with E-state index in [9.17, 15) is 19.7 Å². The van der Waals surface area contributed by atoms with E-state index >= 15 is 0 Å². The number of hydrogen-bond acceptors (Lipinski definition) is 4. The summed E-state index contributed by atoms with van der Waals surface area (Å²) in [5, 5.41) is 22.0. The highest BCUT2D eigenvalue weighted by atomic mass is 16.6. The van der Waals surface area contributed by atoms with Gasteiger partial charge in [0, 0.05) is 12.1 Å². The number of carbonyl (C=O) groups excluding carboxylic acids is 1. The lowest BCUT2D eigenvalue weighted by Crippen LogP contribution is -2.43. The van der Waals surface area contributed by atoms with Gasteiger partial charge in [0.15, 0.2) is 0 Å². The Balaban J connectivity index is 1.93. The van der Waals surface area contributed by atoms with Gasteiger partial charge in [0.25, 0.3) is 5.69 Å². The van der Waals surface area contributed by atoms with Crippen LogP contribution < -0.4 is 5.32 Å². The van der Waals surface area contributed by atoms with E-state index in [2.05, 4.69) is 5.32 Å². The molecule has 106 valence electrons. The van der Waals surface area contributed by atoms with Crippen molar-refractivity contribution in [1.29, 1.82) is 0 Å². The Hall–Kier alpha value is -2.44. The van der Waals surface area contributed by atoms with Crippen LogP contribution in [0.25, 0.3) is 0 Å². The summed E-state index contributed by atoms with van der Waals surface area (Å²) in [6.45, 7) is 0. The second-order valence-electron chi connectivity index (χ2n) is 4.82. The molecular formula is C13H14N2O5. The molecular weight excluding hydrogens is 264 g/mol. The van der Waals surface area contributed by atoms with Gasteiger partial charge in [-0.15, -0.1) is 0 Å². The molecule has 0 saturated heterocycles. The summed E-state index contributed by atoms with van der Waals surface area (Å²) in [7, 11) is 0. The van der Waals surface area contributed by atoms with Crippen LogP contribution in [0.15, 0.2) is 24.3 Å². The van der Waals surface area contributed by atoms with Crippen molar-refractivity contribution in [3.8, 4) is 0 Å². The number of carbonyl (C=O) groups is 2. The van der Waals surface area contributed by atoms with Gasteiger partial charge in [-0.3, -0.25) is 14.9 Å². The number of rotatable bonds is 6. The molecule has 1 aliphatic rings. The zero-order valence-electron chi connectivity index (χ0n) is 10.6. The predicted octanol–water partition coefficient (Wildman–Crippen LogP) is 1.12. The van der Waals surface area contributed by atoms with Gasteiger partial charge in [-0.1, -0.05) is 12.1 Å².